The molecule has 0 atom stereocenters. The van der Waals surface area contributed by atoms with Gasteiger partial charge in [0.1, 0.15) is 5.82 Å². The molecule has 0 spiro atoms. The van der Waals surface area contributed by atoms with Gasteiger partial charge in [0.15, 0.2) is 0 Å². The maximum atomic E-state index is 11.5. The molecule has 1 amide bonds. The highest BCUT2D eigenvalue weighted by molar-refractivity contribution is 5.76. The summed E-state index contributed by atoms with van der Waals surface area (Å²) in [7, 11) is 0. The number of hydrogen-bond donors (Lipinski definition) is 2. The molecule has 0 aliphatic heterocycles. The molecule has 2 aromatic rings. The van der Waals surface area contributed by atoms with Gasteiger partial charge >= 0.3 is 0 Å². The molecule has 18 heavy (non-hydrogen) atoms. The molecule has 0 unspecified atom stereocenters. The third-order valence-corrected chi connectivity index (χ3v) is 2.57. The maximum Gasteiger partial charge on any atom is 0.222 e. The van der Waals surface area contributed by atoms with Crippen molar-refractivity contribution in [1.29, 1.82) is 0 Å². The predicted octanol–water partition coefficient (Wildman–Crippen LogP) is 1.61. The minimum absolute atomic E-state index is 0.0242. The van der Waals surface area contributed by atoms with Crippen molar-refractivity contribution >= 4 is 16.9 Å². The number of amides is 1. The van der Waals surface area contributed by atoms with Gasteiger partial charge in [-0.05, 0) is 19.1 Å². The standard InChI is InChI=1S/C13H17N3O2/c1-2-18-8-7-13(17)14-9-12-15-10-5-3-4-6-11(10)16-12/h3-6H,2,7-9H2,1H3,(H,14,17)(H,15,16). The quantitative estimate of drug-likeness (QED) is 0.762. The first-order valence-electron chi connectivity index (χ1n) is 6.07. The Morgan fingerprint density at radius 3 is 3.06 bits per heavy atom. The lowest BCUT2D eigenvalue weighted by Crippen LogP contribution is -2.24. The van der Waals surface area contributed by atoms with E-state index < -0.39 is 0 Å². The monoisotopic (exact) mass is 247 g/mol. The Labute approximate surface area is 106 Å². The normalized spacial score (nSPS) is 10.7. The number of H-pyrrole nitrogens is 1. The zero-order valence-electron chi connectivity index (χ0n) is 10.4. The van der Waals surface area contributed by atoms with Gasteiger partial charge in [-0.2, -0.15) is 0 Å². The number of aromatic amines is 1. The van der Waals surface area contributed by atoms with Crippen LogP contribution < -0.4 is 5.32 Å². The summed E-state index contributed by atoms with van der Waals surface area (Å²) in [5.41, 5.74) is 1.90. The molecule has 2 rings (SSSR count). The minimum atomic E-state index is -0.0242. The van der Waals surface area contributed by atoms with Crippen LogP contribution in [0.3, 0.4) is 0 Å². The van der Waals surface area contributed by atoms with Crippen LogP contribution in [0.15, 0.2) is 24.3 Å². The van der Waals surface area contributed by atoms with Crippen molar-refractivity contribution in [2.24, 2.45) is 0 Å². The number of nitrogens with one attached hydrogen (secondary N) is 2. The van der Waals surface area contributed by atoms with Gasteiger partial charge < -0.3 is 15.0 Å². The first kappa shape index (κ1) is 12.6. The van der Waals surface area contributed by atoms with E-state index in [9.17, 15) is 4.79 Å². The number of rotatable bonds is 6. The van der Waals surface area contributed by atoms with Crippen LogP contribution in [0.4, 0.5) is 0 Å². The van der Waals surface area contributed by atoms with Gasteiger partial charge in [-0.1, -0.05) is 12.1 Å². The molecule has 0 saturated carbocycles. The molecule has 1 aromatic carbocycles. The third-order valence-electron chi connectivity index (χ3n) is 2.57. The number of hydrogen-bond acceptors (Lipinski definition) is 3. The molecule has 1 heterocycles. The first-order chi connectivity index (χ1) is 8.79. The maximum absolute atomic E-state index is 11.5. The Kier molecular flexibility index (Phi) is 4.30. The number of fused-ring (bicyclic) bond motifs is 1. The molecule has 2 N–H and O–H groups in total. The van der Waals surface area contributed by atoms with Crippen molar-refractivity contribution in [2.45, 2.75) is 19.9 Å². The second-order valence-electron chi connectivity index (χ2n) is 3.92. The van der Waals surface area contributed by atoms with Gasteiger partial charge in [0.2, 0.25) is 5.91 Å². The lowest BCUT2D eigenvalue weighted by atomic mass is 10.3. The zero-order valence-corrected chi connectivity index (χ0v) is 10.4. The van der Waals surface area contributed by atoms with Crippen LogP contribution in [-0.2, 0) is 16.1 Å². The summed E-state index contributed by atoms with van der Waals surface area (Å²) < 4.78 is 5.12. The number of carbonyl (C=O) groups is 1. The summed E-state index contributed by atoms with van der Waals surface area (Å²) in [5, 5.41) is 2.81. The fourth-order valence-corrected chi connectivity index (χ4v) is 1.67. The molecule has 0 radical (unpaired) electrons. The Bertz CT molecular complexity index is 489. The van der Waals surface area contributed by atoms with Crippen molar-refractivity contribution < 1.29 is 9.53 Å². The van der Waals surface area contributed by atoms with Crippen LogP contribution in [0.5, 0.6) is 0 Å². The number of carbonyl (C=O) groups excluding carboxylic acids is 1. The van der Waals surface area contributed by atoms with Crippen molar-refractivity contribution in [3.05, 3.63) is 30.1 Å². The Hall–Kier alpha value is -1.88. The van der Waals surface area contributed by atoms with Crippen LogP contribution in [0, 0.1) is 0 Å². The van der Waals surface area contributed by atoms with E-state index in [1.54, 1.807) is 0 Å². The minimum Gasteiger partial charge on any atom is -0.381 e. The van der Waals surface area contributed by atoms with E-state index in [0.717, 1.165) is 16.9 Å². The number of imidazole rings is 1. The van der Waals surface area contributed by atoms with Crippen LogP contribution in [0.2, 0.25) is 0 Å². The number of aromatic nitrogens is 2. The van der Waals surface area contributed by atoms with Crippen LogP contribution in [0.1, 0.15) is 19.2 Å². The fraction of sp³-hybridized carbons (Fsp3) is 0.385. The summed E-state index contributed by atoms with van der Waals surface area (Å²) in [6, 6.07) is 7.79. The summed E-state index contributed by atoms with van der Waals surface area (Å²) in [6.45, 7) is 3.42. The summed E-state index contributed by atoms with van der Waals surface area (Å²) in [4.78, 5) is 19.0. The topological polar surface area (TPSA) is 67.0 Å². The molecular weight excluding hydrogens is 230 g/mol. The van der Waals surface area contributed by atoms with E-state index in [2.05, 4.69) is 15.3 Å². The SMILES string of the molecule is CCOCCC(=O)NCc1nc2ccccc2[nH]1. The molecule has 0 fully saturated rings. The second kappa shape index (κ2) is 6.16. The highest BCUT2D eigenvalue weighted by Crippen LogP contribution is 2.09. The molecule has 0 bridgehead atoms. The van der Waals surface area contributed by atoms with Gasteiger partial charge in [-0.25, -0.2) is 4.98 Å². The Morgan fingerprint density at radius 2 is 2.28 bits per heavy atom. The molecule has 5 heteroatoms. The van der Waals surface area contributed by atoms with Crippen molar-refractivity contribution in [3.63, 3.8) is 0 Å². The van der Waals surface area contributed by atoms with E-state index in [1.165, 1.54) is 0 Å². The molecule has 0 aliphatic rings. The second-order valence-corrected chi connectivity index (χ2v) is 3.92. The molecule has 0 aliphatic carbocycles. The van der Waals surface area contributed by atoms with E-state index >= 15 is 0 Å². The zero-order chi connectivity index (χ0) is 12.8. The summed E-state index contributed by atoms with van der Waals surface area (Å²) >= 11 is 0. The number of benzene rings is 1. The first-order valence-corrected chi connectivity index (χ1v) is 6.07. The van der Waals surface area contributed by atoms with E-state index in [4.69, 9.17) is 4.74 Å². The van der Waals surface area contributed by atoms with Crippen molar-refractivity contribution in [2.75, 3.05) is 13.2 Å². The fourth-order valence-electron chi connectivity index (χ4n) is 1.67. The van der Waals surface area contributed by atoms with Gasteiger partial charge in [-0.15, -0.1) is 0 Å². The lowest BCUT2D eigenvalue weighted by molar-refractivity contribution is -0.122. The third kappa shape index (κ3) is 3.30. The predicted molar refractivity (Wildman–Crippen MR) is 69.1 cm³/mol. The largest absolute Gasteiger partial charge is 0.381 e. The van der Waals surface area contributed by atoms with Gasteiger partial charge in [0, 0.05) is 13.0 Å². The molecule has 96 valence electrons. The Balaban J connectivity index is 1.84. The van der Waals surface area contributed by atoms with Crippen LogP contribution in [0.25, 0.3) is 11.0 Å². The number of para-hydroxylation sites is 2. The molecule has 1 aromatic heterocycles. The molecule has 0 saturated heterocycles. The van der Waals surface area contributed by atoms with E-state index in [1.807, 2.05) is 31.2 Å². The van der Waals surface area contributed by atoms with Crippen LogP contribution in [-0.4, -0.2) is 29.1 Å². The lowest BCUT2D eigenvalue weighted by Gasteiger charge is -2.03. The highest BCUT2D eigenvalue weighted by atomic mass is 16.5. The highest BCUT2D eigenvalue weighted by Gasteiger charge is 2.04. The summed E-state index contributed by atoms with van der Waals surface area (Å²) in [5.74, 6) is 0.741. The average molecular weight is 247 g/mol. The van der Waals surface area contributed by atoms with Crippen LogP contribution >= 0.6 is 0 Å². The van der Waals surface area contributed by atoms with E-state index in [-0.39, 0.29) is 5.91 Å². The van der Waals surface area contributed by atoms with Gasteiger partial charge in [-0.3, -0.25) is 4.79 Å². The molecule has 5 nitrogen and oxygen atoms in total. The number of nitrogens with zero attached hydrogens (tertiary/aromatic N) is 1. The van der Waals surface area contributed by atoms with Crippen molar-refractivity contribution in [3.8, 4) is 0 Å². The number of ether oxygens (including phenoxy) is 1. The van der Waals surface area contributed by atoms with Crippen molar-refractivity contribution in [1.82, 2.24) is 15.3 Å². The van der Waals surface area contributed by atoms with E-state index in [0.29, 0.717) is 26.2 Å². The smallest absolute Gasteiger partial charge is 0.222 e. The molecular formula is C13H17N3O2. The van der Waals surface area contributed by atoms with Gasteiger partial charge in [0.05, 0.1) is 24.2 Å². The summed E-state index contributed by atoms with van der Waals surface area (Å²) in [6.07, 6.45) is 0.383. The van der Waals surface area contributed by atoms with Gasteiger partial charge in [0.25, 0.3) is 0 Å². The average Bonchev–Trinajstić information content (AvgIpc) is 2.79. The Morgan fingerprint density at radius 1 is 1.44 bits per heavy atom.